The van der Waals surface area contributed by atoms with Gasteiger partial charge in [0, 0.05) is 11.1 Å². The minimum Gasteiger partial charge on any atom is -0.394 e. The largest absolute Gasteiger partial charge is 0.394 e. The number of benzene rings is 1. The summed E-state index contributed by atoms with van der Waals surface area (Å²) in [6.45, 7) is 1.86. The van der Waals surface area contributed by atoms with Crippen molar-refractivity contribution in [3.05, 3.63) is 40.9 Å². The van der Waals surface area contributed by atoms with Crippen LogP contribution in [0, 0.1) is 0 Å². The first kappa shape index (κ1) is 13.7. The second-order valence-corrected chi connectivity index (χ2v) is 4.12. The molecule has 0 aliphatic rings. The molecule has 2 N–H and O–H groups in total. The molecule has 1 atom stereocenters. The van der Waals surface area contributed by atoms with E-state index in [4.69, 9.17) is 16.7 Å². The molecule has 1 rings (SSSR count). The molecule has 92 valence electrons. The average Bonchev–Trinajstić information content (AvgIpc) is 2.35. The minimum absolute atomic E-state index is 0.0446. The summed E-state index contributed by atoms with van der Waals surface area (Å²) in [7, 11) is 0. The Morgan fingerprint density at radius 2 is 2.12 bits per heavy atom. The van der Waals surface area contributed by atoms with Crippen LogP contribution in [-0.2, 0) is 4.79 Å². The molecule has 0 spiro atoms. The van der Waals surface area contributed by atoms with E-state index < -0.39 is 0 Å². The van der Waals surface area contributed by atoms with Crippen LogP contribution in [0.25, 0.3) is 6.08 Å². The zero-order chi connectivity index (χ0) is 12.7. The first-order chi connectivity index (χ1) is 8.15. The van der Waals surface area contributed by atoms with Gasteiger partial charge < -0.3 is 10.4 Å². The molecule has 0 aliphatic heterocycles. The van der Waals surface area contributed by atoms with Crippen LogP contribution >= 0.6 is 11.6 Å². The van der Waals surface area contributed by atoms with Crippen LogP contribution in [0.4, 0.5) is 0 Å². The van der Waals surface area contributed by atoms with Gasteiger partial charge in [-0.1, -0.05) is 30.7 Å². The van der Waals surface area contributed by atoms with E-state index in [2.05, 4.69) is 5.32 Å². The molecule has 1 amide bonds. The first-order valence-corrected chi connectivity index (χ1v) is 5.88. The zero-order valence-electron chi connectivity index (χ0n) is 9.69. The third-order valence-electron chi connectivity index (χ3n) is 2.36. The zero-order valence-corrected chi connectivity index (χ0v) is 10.4. The Bertz CT molecular complexity index is 383. The maximum absolute atomic E-state index is 11.5. The molecule has 0 saturated carbocycles. The van der Waals surface area contributed by atoms with Crippen molar-refractivity contribution in [3.63, 3.8) is 0 Å². The summed E-state index contributed by atoms with van der Waals surface area (Å²) in [5.41, 5.74) is 0.904. The summed E-state index contributed by atoms with van der Waals surface area (Å²) in [5, 5.41) is 12.3. The van der Waals surface area contributed by atoms with Crippen LogP contribution in [0.3, 0.4) is 0 Å². The fourth-order valence-electron chi connectivity index (χ4n) is 1.27. The number of halogens is 1. The molecule has 1 unspecified atom stereocenters. The lowest BCUT2D eigenvalue weighted by atomic mass is 10.2. The number of carbonyl (C=O) groups is 1. The lowest BCUT2D eigenvalue weighted by Gasteiger charge is -2.11. The van der Waals surface area contributed by atoms with Crippen LogP contribution in [0.2, 0.25) is 5.02 Å². The van der Waals surface area contributed by atoms with Crippen LogP contribution in [0.15, 0.2) is 30.3 Å². The Hall–Kier alpha value is -1.32. The molecular formula is C13H16ClNO2. The molecule has 0 saturated heterocycles. The summed E-state index contributed by atoms with van der Waals surface area (Å²) in [4.78, 5) is 11.5. The van der Waals surface area contributed by atoms with Crippen molar-refractivity contribution >= 4 is 23.6 Å². The highest BCUT2D eigenvalue weighted by atomic mass is 35.5. The van der Waals surface area contributed by atoms with Gasteiger partial charge in [0.15, 0.2) is 0 Å². The molecule has 0 aromatic heterocycles. The highest BCUT2D eigenvalue weighted by Crippen LogP contribution is 2.10. The number of hydrogen-bond donors (Lipinski definition) is 2. The SMILES string of the molecule is CCC(CO)NC(=O)C=Cc1ccc(Cl)cc1. The van der Waals surface area contributed by atoms with Crippen molar-refractivity contribution in [3.8, 4) is 0 Å². The summed E-state index contributed by atoms with van der Waals surface area (Å²) in [6.07, 6.45) is 3.86. The van der Waals surface area contributed by atoms with E-state index in [1.807, 2.05) is 19.1 Å². The Labute approximate surface area is 106 Å². The van der Waals surface area contributed by atoms with Gasteiger partial charge >= 0.3 is 0 Å². The summed E-state index contributed by atoms with van der Waals surface area (Å²) >= 11 is 5.75. The van der Waals surface area contributed by atoms with Crippen molar-refractivity contribution in [2.24, 2.45) is 0 Å². The van der Waals surface area contributed by atoms with Gasteiger partial charge in [0.1, 0.15) is 0 Å². The summed E-state index contributed by atoms with van der Waals surface area (Å²) < 4.78 is 0. The topological polar surface area (TPSA) is 49.3 Å². The van der Waals surface area contributed by atoms with E-state index in [1.54, 1.807) is 18.2 Å². The number of nitrogens with one attached hydrogen (secondary N) is 1. The predicted octanol–water partition coefficient (Wildman–Crippen LogP) is 2.24. The molecule has 0 radical (unpaired) electrons. The number of amides is 1. The van der Waals surface area contributed by atoms with Gasteiger partial charge in [-0.15, -0.1) is 0 Å². The highest BCUT2D eigenvalue weighted by Gasteiger charge is 2.05. The molecule has 1 aromatic carbocycles. The minimum atomic E-state index is -0.208. The van der Waals surface area contributed by atoms with E-state index in [9.17, 15) is 4.79 Å². The molecule has 0 fully saturated rings. The van der Waals surface area contributed by atoms with E-state index in [1.165, 1.54) is 6.08 Å². The van der Waals surface area contributed by atoms with E-state index >= 15 is 0 Å². The Morgan fingerprint density at radius 1 is 1.47 bits per heavy atom. The van der Waals surface area contributed by atoms with E-state index in [-0.39, 0.29) is 18.6 Å². The van der Waals surface area contributed by atoms with Crippen LogP contribution in [0.5, 0.6) is 0 Å². The van der Waals surface area contributed by atoms with Gasteiger partial charge in [0.05, 0.1) is 12.6 Å². The van der Waals surface area contributed by atoms with E-state index in [0.717, 1.165) is 5.56 Å². The number of hydrogen-bond acceptors (Lipinski definition) is 2. The lowest BCUT2D eigenvalue weighted by Crippen LogP contribution is -2.35. The Balaban J connectivity index is 2.53. The maximum Gasteiger partial charge on any atom is 0.244 e. The molecule has 3 nitrogen and oxygen atoms in total. The second-order valence-electron chi connectivity index (χ2n) is 3.68. The molecule has 0 aliphatic carbocycles. The normalized spacial score (nSPS) is 12.6. The number of aliphatic hydroxyl groups excluding tert-OH is 1. The van der Waals surface area contributed by atoms with Crippen molar-refractivity contribution < 1.29 is 9.90 Å². The molecular weight excluding hydrogens is 238 g/mol. The smallest absolute Gasteiger partial charge is 0.244 e. The standard InChI is InChI=1S/C13H16ClNO2/c1-2-12(9-16)15-13(17)8-5-10-3-6-11(14)7-4-10/h3-8,12,16H,2,9H2,1H3,(H,15,17). The molecule has 1 aromatic rings. The predicted molar refractivity (Wildman–Crippen MR) is 69.8 cm³/mol. The van der Waals surface area contributed by atoms with Gasteiger partial charge in [-0.05, 0) is 30.2 Å². The third kappa shape index (κ3) is 5.02. The maximum atomic E-state index is 11.5. The van der Waals surface area contributed by atoms with Crippen LogP contribution < -0.4 is 5.32 Å². The van der Waals surface area contributed by atoms with Crippen molar-refractivity contribution in [2.45, 2.75) is 19.4 Å². The highest BCUT2D eigenvalue weighted by molar-refractivity contribution is 6.30. The molecule has 4 heteroatoms. The summed E-state index contributed by atoms with van der Waals surface area (Å²) in [6, 6.07) is 7.01. The number of carbonyl (C=O) groups excluding carboxylic acids is 1. The number of aliphatic hydroxyl groups is 1. The van der Waals surface area contributed by atoms with Gasteiger partial charge in [0.2, 0.25) is 5.91 Å². The van der Waals surface area contributed by atoms with Crippen LogP contribution in [0.1, 0.15) is 18.9 Å². The molecule has 17 heavy (non-hydrogen) atoms. The van der Waals surface area contributed by atoms with Gasteiger partial charge in [-0.3, -0.25) is 4.79 Å². The molecule has 0 bridgehead atoms. The first-order valence-electron chi connectivity index (χ1n) is 5.50. The third-order valence-corrected chi connectivity index (χ3v) is 2.61. The molecule has 0 heterocycles. The van der Waals surface area contributed by atoms with Gasteiger partial charge in [-0.2, -0.15) is 0 Å². The van der Waals surface area contributed by atoms with Crippen molar-refractivity contribution in [1.82, 2.24) is 5.32 Å². The van der Waals surface area contributed by atoms with Crippen molar-refractivity contribution in [1.29, 1.82) is 0 Å². The lowest BCUT2D eigenvalue weighted by molar-refractivity contribution is -0.117. The fourth-order valence-corrected chi connectivity index (χ4v) is 1.40. The van der Waals surface area contributed by atoms with Crippen molar-refractivity contribution in [2.75, 3.05) is 6.61 Å². The Kier molecular flexibility index (Phi) is 5.73. The van der Waals surface area contributed by atoms with Crippen LogP contribution in [-0.4, -0.2) is 23.7 Å². The second kappa shape index (κ2) is 7.09. The number of rotatable bonds is 5. The Morgan fingerprint density at radius 3 is 2.65 bits per heavy atom. The quantitative estimate of drug-likeness (QED) is 0.791. The summed E-state index contributed by atoms with van der Waals surface area (Å²) in [5.74, 6) is -0.208. The van der Waals surface area contributed by atoms with Gasteiger partial charge in [0.25, 0.3) is 0 Å². The van der Waals surface area contributed by atoms with Gasteiger partial charge in [-0.25, -0.2) is 0 Å². The fraction of sp³-hybridized carbons (Fsp3) is 0.308. The monoisotopic (exact) mass is 253 g/mol. The van der Waals surface area contributed by atoms with E-state index in [0.29, 0.717) is 11.4 Å². The average molecular weight is 254 g/mol.